The average Bonchev–Trinajstić information content (AvgIpc) is 3.04. The molecule has 26 heavy (non-hydrogen) atoms. The number of aromatic amines is 1. The first kappa shape index (κ1) is 17.6. The van der Waals surface area contributed by atoms with Crippen molar-refractivity contribution in [3.63, 3.8) is 0 Å². The molecule has 4 rings (SSSR count). The Kier molecular flexibility index (Phi) is 5.02. The zero-order valence-corrected chi connectivity index (χ0v) is 15.5. The third-order valence-corrected chi connectivity index (χ3v) is 6.89. The van der Waals surface area contributed by atoms with Gasteiger partial charge in [0.05, 0.1) is 0 Å². The average molecular weight is 374 g/mol. The third-order valence-electron chi connectivity index (χ3n) is 5.52. The minimum Gasteiger partial charge on any atom is -0.310 e. The highest BCUT2D eigenvalue weighted by Gasteiger charge is 2.30. The van der Waals surface area contributed by atoms with Crippen molar-refractivity contribution in [2.45, 2.75) is 62.0 Å². The summed E-state index contributed by atoms with van der Waals surface area (Å²) in [6.07, 6.45) is 6.74. The molecule has 1 N–H and O–H groups in total. The van der Waals surface area contributed by atoms with Crippen molar-refractivity contribution in [2.75, 3.05) is 0 Å². The Bertz CT molecular complexity index is 915. The molecular formula is C20H23FN2O2S. The molecule has 6 heteroatoms. The normalized spacial score (nSPS) is 20.3. The Labute approximate surface area is 155 Å². The lowest BCUT2D eigenvalue weighted by molar-refractivity contribution is 0.335. The highest BCUT2D eigenvalue weighted by Crippen LogP contribution is 2.40. The molecule has 0 aliphatic heterocycles. The SMILES string of the molecule is O=c1[nH]c2c(c(=O)n1C1CCCCC1)CCC2SCc1cccc(F)c1. The number of thioether (sulfide) groups is 1. The molecule has 1 heterocycles. The number of nitrogens with one attached hydrogen (secondary N) is 1. The molecule has 2 aliphatic carbocycles. The number of hydrogen-bond acceptors (Lipinski definition) is 3. The zero-order valence-electron chi connectivity index (χ0n) is 14.7. The van der Waals surface area contributed by atoms with Crippen LogP contribution in [0.2, 0.25) is 0 Å². The van der Waals surface area contributed by atoms with E-state index in [1.165, 1.54) is 23.1 Å². The largest absolute Gasteiger partial charge is 0.328 e. The van der Waals surface area contributed by atoms with Gasteiger partial charge in [0, 0.05) is 28.3 Å². The topological polar surface area (TPSA) is 54.9 Å². The monoisotopic (exact) mass is 374 g/mol. The Morgan fingerprint density at radius 2 is 1.96 bits per heavy atom. The van der Waals surface area contributed by atoms with Crippen LogP contribution in [0, 0.1) is 5.82 Å². The van der Waals surface area contributed by atoms with Crippen LogP contribution in [0.25, 0.3) is 0 Å². The van der Waals surface area contributed by atoms with Gasteiger partial charge in [0.15, 0.2) is 0 Å². The molecule has 0 amide bonds. The molecule has 1 fully saturated rings. The summed E-state index contributed by atoms with van der Waals surface area (Å²) in [5.74, 6) is 0.425. The fraction of sp³-hybridized carbons (Fsp3) is 0.500. The van der Waals surface area contributed by atoms with Crippen molar-refractivity contribution in [3.05, 3.63) is 67.7 Å². The van der Waals surface area contributed by atoms with E-state index < -0.39 is 0 Å². The first-order valence-corrected chi connectivity index (χ1v) is 10.4. The standard InChI is InChI=1S/C20H23FN2O2S/c21-14-6-4-5-13(11-14)12-26-17-10-9-16-18(17)22-20(25)23(19(16)24)15-7-2-1-3-8-15/h4-6,11,15,17H,1-3,7-10,12H2,(H,22,25). The first-order valence-electron chi connectivity index (χ1n) is 9.37. The summed E-state index contributed by atoms with van der Waals surface area (Å²) in [6, 6.07) is 6.62. The van der Waals surface area contributed by atoms with Gasteiger partial charge in [-0.15, -0.1) is 11.8 Å². The molecule has 2 aromatic rings. The van der Waals surface area contributed by atoms with Gasteiger partial charge in [-0.3, -0.25) is 9.36 Å². The highest BCUT2D eigenvalue weighted by atomic mass is 32.2. The van der Waals surface area contributed by atoms with Gasteiger partial charge >= 0.3 is 5.69 Å². The van der Waals surface area contributed by atoms with Crippen molar-refractivity contribution < 1.29 is 4.39 Å². The molecule has 1 atom stereocenters. The molecule has 4 nitrogen and oxygen atoms in total. The van der Waals surface area contributed by atoms with E-state index in [2.05, 4.69) is 4.98 Å². The number of rotatable bonds is 4. The Morgan fingerprint density at radius 1 is 1.15 bits per heavy atom. The first-order chi connectivity index (χ1) is 12.6. The predicted octanol–water partition coefficient (Wildman–Crippen LogP) is 4.10. The van der Waals surface area contributed by atoms with E-state index >= 15 is 0 Å². The Hall–Kier alpha value is -1.82. The van der Waals surface area contributed by atoms with E-state index in [1.807, 2.05) is 6.07 Å². The number of aromatic nitrogens is 2. The quantitative estimate of drug-likeness (QED) is 0.876. The van der Waals surface area contributed by atoms with Gasteiger partial charge in [-0.2, -0.15) is 0 Å². The lowest BCUT2D eigenvalue weighted by atomic mass is 9.95. The summed E-state index contributed by atoms with van der Waals surface area (Å²) in [7, 11) is 0. The van der Waals surface area contributed by atoms with E-state index in [-0.39, 0.29) is 28.4 Å². The Balaban J connectivity index is 1.57. The number of hydrogen-bond donors (Lipinski definition) is 1. The lowest BCUT2D eigenvalue weighted by Gasteiger charge is -2.23. The maximum Gasteiger partial charge on any atom is 0.328 e. The van der Waals surface area contributed by atoms with E-state index in [1.54, 1.807) is 17.8 Å². The van der Waals surface area contributed by atoms with Crippen molar-refractivity contribution in [3.8, 4) is 0 Å². The fourth-order valence-electron chi connectivity index (χ4n) is 4.20. The summed E-state index contributed by atoms with van der Waals surface area (Å²) in [6.45, 7) is 0. The summed E-state index contributed by atoms with van der Waals surface area (Å²) in [4.78, 5) is 28.5. The smallest absolute Gasteiger partial charge is 0.310 e. The van der Waals surface area contributed by atoms with Gasteiger partial charge in [0.1, 0.15) is 5.82 Å². The summed E-state index contributed by atoms with van der Waals surface area (Å²) in [5, 5.41) is 0.0923. The summed E-state index contributed by atoms with van der Waals surface area (Å²) in [5.41, 5.74) is 2.12. The number of nitrogens with zero attached hydrogens (tertiary/aromatic N) is 1. The van der Waals surface area contributed by atoms with E-state index in [0.717, 1.165) is 48.9 Å². The molecular weight excluding hydrogens is 351 g/mol. The summed E-state index contributed by atoms with van der Waals surface area (Å²) < 4.78 is 14.8. The fourth-order valence-corrected chi connectivity index (χ4v) is 5.43. The minimum atomic E-state index is -0.265. The van der Waals surface area contributed by atoms with Crippen molar-refractivity contribution in [1.29, 1.82) is 0 Å². The predicted molar refractivity (Wildman–Crippen MR) is 102 cm³/mol. The number of H-pyrrole nitrogens is 1. The van der Waals surface area contributed by atoms with Crippen LogP contribution < -0.4 is 11.2 Å². The van der Waals surface area contributed by atoms with Crippen LogP contribution in [0.5, 0.6) is 0 Å². The molecule has 138 valence electrons. The highest BCUT2D eigenvalue weighted by molar-refractivity contribution is 7.98. The van der Waals surface area contributed by atoms with Crippen LogP contribution in [-0.2, 0) is 12.2 Å². The number of fused-ring (bicyclic) bond motifs is 1. The number of halogens is 1. The molecule has 1 aromatic carbocycles. The van der Waals surface area contributed by atoms with Crippen LogP contribution in [0.4, 0.5) is 4.39 Å². The third kappa shape index (κ3) is 3.39. The maximum absolute atomic E-state index is 13.3. The molecule has 0 saturated heterocycles. The van der Waals surface area contributed by atoms with Gasteiger partial charge in [-0.05, 0) is 43.4 Å². The molecule has 2 aliphatic rings. The molecule has 0 bridgehead atoms. The second-order valence-electron chi connectivity index (χ2n) is 7.26. The molecule has 1 saturated carbocycles. The van der Waals surface area contributed by atoms with Gasteiger partial charge in [-0.1, -0.05) is 31.4 Å². The second kappa shape index (κ2) is 7.43. The molecule has 0 spiro atoms. The minimum absolute atomic E-state index is 0.0456. The van der Waals surface area contributed by atoms with Crippen molar-refractivity contribution >= 4 is 11.8 Å². The van der Waals surface area contributed by atoms with E-state index in [0.29, 0.717) is 12.2 Å². The molecule has 1 unspecified atom stereocenters. The van der Waals surface area contributed by atoms with E-state index in [4.69, 9.17) is 0 Å². The number of benzene rings is 1. The van der Waals surface area contributed by atoms with Crippen molar-refractivity contribution in [1.82, 2.24) is 9.55 Å². The molecule has 0 radical (unpaired) electrons. The van der Waals surface area contributed by atoms with Gasteiger partial charge < -0.3 is 4.98 Å². The van der Waals surface area contributed by atoms with Crippen LogP contribution in [0.15, 0.2) is 33.9 Å². The van der Waals surface area contributed by atoms with Crippen LogP contribution >= 0.6 is 11.8 Å². The zero-order chi connectivity index (χ0) is 18.1. The lowest BCUT2D eigenvalue weighted by Crippen LogP contribution is -2.41. The van der Waals surface area contributed by atoms with Crippen LogP contribution in [0.3, 0.4) is 0 Å². The Morgan fingerprint density at radius 3 is 2.73 bits per heavy atom. The second-order valence-corrected chi connectivity index (χ2v) is 8.45. The maximum atomic E-state index is 13.3. The summed E-state index contributed by atoms with van der Waals surface area (Å²) >= 11 is 1.66. The van der Waals surface area contributed by atoms with Crippen LogP contribution in [0.1, 0.15) is 66.6 Å². The van der Waals surface area contributed by atoms with Gasteiger partial charge in [0.2, 0.25) is 0 Å². The van der Waals surface area contributed by atoms with Crippen LogP contribution in [-0.4, -0.2) is 9.55 Å². The molecule has 1 aromatic heterocycles. The van der Waals surface area contributed by atoms with Gasteiger partial charge in [0.25, 0.3) is 5.56 Å². The van der Waals surface area contributed by atoms with Gasteiger partial charge in [-0.25, -0.2) is 9.18 Å². The van der Waals surface area contributed by atoms with E-state index in [9.17, 15) is 14.0 Å². The van der Waals surface area contributed by atoms with Crippen molar-refractivity contribution in [2.24, 2.45) is 0 Å².